The number of aliphatic hydroxyl groups is 1. The number of hydrogen-bond donors (Lipinski definition) is 3. The van der Waals surface area contributed by atoms with Gasteiger partial charge in [-0.05, 0) is 36.8 Å². The normalized spacial score (nSPS) is 30.0. The van der Waals surface area contributed by atoms with Crippen molar-refractivity contribution in [2.45, 2.75) is 31.2 Å². The Labute approximate surface area is 182 Å². The fourth-order valence-corrected chi connectivity index (χ4v) is 5.33. The number of carbonyl (C=O) groups is 3. The number of rotatable bonds is 3. The van der Waals surface area contributed by atoms with Crippen LogP contribution in [0, 0.1) is 17.7 Å². The molecular formula is C22H19ClFN3O4. The molecule has 2 aromatic carbocycles. The summed E-state index contributed by atoms with van der Waals surface area (Å²) in [4.78, 5) is 41.2. The molecule has 0 bridgehead atoms. The molecule has 2 aromatic rings. The van der Waals surface area contributed by atoms with E-state index in [4.69, 9.17) is 11.6 Å². The molecule has 2 fully saturated rings. The van der Waals surface area contributed by atoms with Crippen molar-refractivity contribution in [3.8, 4) is 0 Å². The predicted molar refractivity (Wildman–Crippen MR) is 109 cm³/mol. The molecule has 3 aliphatic heterocycles. The predicted octanol–water partition coefficient (Wildman–Crippen LogP) is 1.78. The molecular weight excluding hydrogens is 425 g/mol. The van der Waals surface area contributed by atoms with Crippen molar-refractivity contribution in [3.05, 3.63) is 64.4 Å². The van der Waals surface area contributed by atoms with Gasteiger partial charge in [-0.1, -0.05) is 29.8 Å². The average Bonchev–Trinajstić information content (AvgIpc) is 3.31. The van der Waals surface area contributed by atoms with Crippen molar-refractivity contribution in [1.29, 1.82) is 0 Å². The van der Waals surface area contributed by atoms with Gasteiger partial charge in [-0.15, -0.1) is 0 Å². The van der Waals surface area contributed by atoms with Crippen molar-refractivity contribution in [2.75, 3.05) is 5.32 Å². The number of hydrogen-bond acceptors (Lipinski definition) is 5. The van der Waals surface area contributed by atoms with Gasteiger partial charge in [-0.3, -0.25) is 24.6 Å². The minimum Gasteiger partial charge on any atom is -0.392 e. The lowest BCUT2D eigenvalue weighted by Crippen LogP contribution is -2.54. The highest BCUT2D eigenvalue weighted by atomic mass is 35.5. The molecule has 5 atom stereocenters. The summed E-state index contributed by atoms with van der Waals surface area (Å²) in [5.74, 6) is -4.27. The molecule has 0 saturated carbocycles. The van der Waals surface area contributed by atoms with Gasteiger partial charge < -0.3 is 10.4 Å². The summed E-state index contributed by atoms with van der Waals surface area (Å²) >= 11 is 6.22. The fraction of sp³-hybridized carbons (Fsp3) is 0.318. The van der Waals surface area contributed by atoms with Crippen LogP contribution in [-0.4, -0.2) is 39.9 Å². The van der Waals surface area contributed by atoms with Gasteiger partial charge in [-0.25, -0.2) is 4.39 Å². The number of nitrogens with zero attached hydrogens (tertiary/aromatic N) is 1. The first-order valence-electron chi connectivity index (χ1n) is 9.91. The Morgan fingerprint density at radius 1 is 1.19 bits per heavy atom. The Hall–Kier alpha value is -2.81. The number of carbonyl (C=O) groups excluding carboxylic acids is 3. The summed E-state index contributed by atoms with van der Waals surface area (Å²) < 4.78 is 14.1. The van der Waals surface area contributed by atoms with E-state index in [1.165, 1.54) is 25.1 Å². The van der Waals surface area contributed by atoms with E-state index in [1.807, 2.05) is 0 Å². The van der Waals surface area contributed by atoms with E-state index in [0.29, 0.717) is 16.3 Å². The van der Waals surface area contributed by atoms with Crippen LogP contribution in [0.2, 0.25) is 5.02 Å². The van der Waals surface area contributed by atoms with Gasteiger partial charge in [0.1, 0.15) is 11.4 Å². The molecule has 0 unspecified atom stereocenters. The van der Waals surface area contributed by atoms with Crippen LogP contribution in [0.1, 0.15) is 18.1 Å². The number of benzene rings is 2. The van der Waals surface area contributed by atoms with Crippen LogP contribution in [0.5, 0.6) is 0 Å². The van der Waals surface area contributed by atoms with Crippen LogP contribution in [-0.2, 0) is 26.5 Å². The lowest BCUT2D eigenvalue weighted by atomic mass is 9.76. The van der Waals surface area contributed by atoms with Crippen LogP contribution in [0.4, 0.5) is 10.1 Å². The van der Waals surface area contributed by atoms with Crippen LogP contribution in [0.25, 0.3) is 0 Å². The molecule has 0 aromatic heterocycles. The summed E-state index contributed by atoms with van der Waals surface area (Å²) in [5, 5.41) is 16.5. The lowest BCUT2D eigenvalue weighted by Gasteiger charge is -2.30. The number of aliphatic hydroxyl groups excluding tert-OH is 1. The monoisotopic (exact) mass is 443 g/mol. The summed E-state index contributed by atoms with van der Waals surface area (Å²) in [5.41, 5.74) is -0.431. The number of amides is 3. The summed E-state index contributed by atoms with van der Waals surface area (Å²) in [6.07, 6.45) is -1.03. The molecule has 1 spiro atoms. The van der Waals surface area contributed by atoms with Crippen LogP contribution in [0.3, 0.4) is 0 Å². The SMILES string of the molecule is C[C@H](O)[C@@H]1N[C@@]2(C(=O)Nc3ccc(F)cc32)[C@@H]2C(=O)N(Cc3ccccc3Cl)C(=O)[C@H]12. The maximum Gasteiger partial charge on any atom is 0.250 e. The zero-order chi connectivity index (χ0) is 22.1. The first-order valence-corrected chi connectivity index (χ1v) is 10.3. The summed E-state index contributed by atoms with van der Waals surface area (Å²) in [6.45, 7) is 1.44. The maximum atomic E-state index is 14.1. The first-order chi connectivity index (χ1) is 14.8. The Morgan fingerprint density at radius 3 is 2.65 bits per heavy atom. The number of nitrogens with one attached hydrogen (secondary N) is 2. The lowest BCUT2D eigenvalue weighted by molar-refractivity contribution is -0.143. The van der Waals surface area contributed by atoms with Gasteiger partial charge in [0.2, 0.25) is 17.7 Å². The third-order valence-electron chi connectivity index (χ3n) is 6.51. The van der Waals surface area contributed by atoms with E-state index in [1.54, 1.807) is 24.3 Å². The number of likely N-dealkylation sites (tertiary alicyclic amines) is 1. The number of halogens is 2. The standard InChI is InChI=1S/C22H19ClFN3O4/c1-10(28)18-16-17(20(30)27(19(16)29)9-11-4-2-3-5-14(11)23)22(26-18)13-8-12(24)6-7-15(13)25-21(22)31/h2-8,10,16-18,26,28H,9H2,1H3,(H,25,31)/t10-,16-,17-,18-,22+/m0/s1. The molecule has 3 amide bonds. The van der Waals surface area contributed by atoms with Crippen molar-refractivity contribution in [2.24, 2.45) is 11.8 Å². The van der Waals surface area contributed by atoms with Gasteiger partial charge in [0, 0.05) is 22.3 Å². The van der Waals surface area contributed by atoms with Crippen molar-refractivity contribution in [1.82, 2.24) is 10.2 Å². The van der Waals surface area contributed by atoms with E-state index in [9.17, 15) is 23.9 Å². The molecule has 5 rings (SSSR count). The second kappa shape index (κ2) is 6.85. The topological polar surface area (TPSA) is 98.7 Å². The minimum atomic E-state index is -1.65. The minimum absolute atomic E-state index is 0.0510. The molecule has 31 heavy (non-hydrogen) atoms. The molecule has 7 nitrogen and oxygen atoms in total. The van der Waals surface area contributed by atoms with Gasteiger partial charge in [-0.2, -0.15) is 0 Å². The smallest absolute Gasteiger partial charge is 0.250 e. The van der Waals surface area contributed by atoms with Gasteiger partial charge in [0.05, 0.1) is 24.5 Å². The van der Waals surface area contributed by atoms with E-state index in [2.05, 4.69) is 10.6 Å². The summed E-state index contributed by atoms with van der Waals surface area (Å²) in [7, 11) is 0. The van der Waals surface area contributed by atoms with Gasteiger partial charge in [0.25, 0.3) is 0 Å². The van der Waals surface area contributed by atoms with Gasteiger partial charge >= 0.3 is 0 Å². The number of imide groups is 1. The zero-order valence-electron chi connectivity index (χ0n) is 16.4. The molecule has 0 radical (unpaired) electrons. The highest BCUT2D eigenvalue weighted by Gasteiger charge is 2.71. The molecule has 9 heteroatoms. The molecule has 160 valence electrons. The number of fused-ring (bicyclic) bond motifs is 4. The van der Waals surface area contributed by atoms with Crippen LogP contribution in [0.15, 0.2) is 42.5 Å². The van der Waals surface area contributed by atoms with E-state index in [0.717, 1.165) is 4.90 Å². The molecule has 3 N–H and O–H groups in total. The van der Waals surface area contributed by atoms with Crippen LogP contribution < -0.4 is 10.6 Å². The third-order valence-corrected chi connectivity index (χ3v) is 6.88. The molecule has 3 aliphatic rings. The maximum absolute atomic E-state index is 14.1. The fourth-order valence-electron chi connectivity index (χ4n) is 5.13. The quantitative estimate of drug-likeness (QED) is 0.628. The van der Waals surface area contributed by atoms with E-state index < -0.39 is 53.1 Å². The van der Waals surface area contributed by atoms with Crippen molar-refractivity contribution in [3.63, 3.8) is 0 Å². The average molecular weight is 444 g/mol. The van der Waals surface area contributed by atoms with Gasteiger partial charge in [0.15, 0.2) is 0 Å². The second-order valence-electron chi connectivity index (χ2n) is 8.22. The first kappa shape index (κ1) is 20.1. The van der Waals surface area contributed by atoms with Crippen LogP contribution >= 0.6 is 11.6 Å². The molecule has 0 aliphatic carbocycles. The van der Waals surface area contributed by atoms with Crippen molar-refractivity contribution < 1.29 is 23.9 Å². The Balaban J connectivity index is 1.63. The van der Waals surface area contributed by atoms with Crippen molar-refractivity contribution >= 4 is 35.0 Å². The largest absolute Gasteiger partial charge is 0.392 e. The third kappa shape index (κ3) is 2.68. The zero-order valence-corrected chi connectivity index (χ0v) is 17.2. The molecule has 2 saturated heterocycles. The summed E-state index contributed by atoms with van der Waals surface area (Å²) in [6, 6.07) is 9.82. The Bertz CT molecular complexity index is 1140. The Kier molecular flexibility index (Phi) is 4.44. The highest BCUT2D eigenvalue weighted by Crippen LogP contribution is 2.53. The van der Waals surface area contributed by atoms with E-state index in [-0.39, 0.29) is 12.1 Å². The second-order valence-corrected chi connectivity index (χ2v) is 8.63. The Morgan fingerprint density at radius 2 is 1.94 bits per heavy atom. The number of anilines is 1. The van der Waals surface area contributed by atoms with E-state index >= 15 is 0 Å². The molecule has 3 heterocycles. The highest BCUT2D eigenvalue weighted by molar-refractivity contribution is 6.31.